The van der Waals surface area contributed by atoms with Crippen LogP contribution in [0.2, 0.25) is 0 Å². The van der Waals surface area contributed by atoms with Crippen molar-refractivity contribution >= 4 is 12.2 Å². The molecule has 1 N–H and O–H groups in total. The lowest BCUT2D eigenvalue weighted by molar-refractivity contribution is 0.668. The van der Waals surface area contributed by atoms with E-state index in [-0.39, 0.29) is 5.41 Å². The van der Waals surface area contributed by atoms with Gasteiger partial charge in [-0.3, -0.25) is 5.10 Å². The molecule has 0 radical (unpaired) electrons. The first kappa shape index (κ1) is 7.35. The largest absolute Gasteiger partial charge is 0.278 e. The molecule has 1 heterocycles. The maximum absolute atomic E-state index is 3.99. The number of aromatic amines is 1. The van der Waals surface area contributed by atoms with Crippen molar-refractivity contribution in [2.75, 3.05) is 0 Å². The predicted octanol–water partition coefficient (Wildman–Crippen LogP) is 0.567. The number of hydrogen-bond donors (Lipinski definition) is 1. The van der Waals surface area contributed by atoms with E-state index in [9.17, 15) is 0 Å². The van der Waals surface area contributed by atoms with E-state index in [0.717, 1.165) is 10.6 Å². The van der Waals surface area contributed by atoms with Gasteiger partial charge in [-0.05, 0) is 6.08 Å². The number of aromatic nitrogens is 2. The second-order valence-electron chi connectivity index (χ2n) is 3.73. The fourth-order valence-corrected chi connectivity index (χ4v) is 1.37. The smallest absolute Gasteiger partial charge is 0.0618 e. The van der Waals surface area contributed by atoms with Gasteiger partial charge in [-0.25, -0.2) is 0 Å². The van der Waals surface area contributed by atoms with Crippen molar-refractivity contribution in [3.63, 3.8) is 0 Å². The number of allylic oxidation sites excluding steroid dienone is 2. The molecule has 0 saturated heterocycles. The van der Waals surface area contributed by atoms with Crippen molar-refractivity contribution in [3.8, 4) is 0 Å². The second kappa shape index (κ2) is 2.34. The zero-order valence-electron chi connectivity index (χ0n) is 7.33. The summed E-state index contributed by atoms with van der Waals surface area (Å²) in [6.45, 7) is 4.35. The van der Waals surface area contributed by atoms with Crippen LogP contribution in [0.5, 0.6) is 0 Å². The van der Waals surface area contributed by atoms with E-state index in [4.69, 9.17) is 0 Å². The third kappa shape index (κ3) is 1.20. The molecule has 0 aromatic carbocycles. The van der Waals surface area contributed by atoms with Gasteiger partial charge in [0.05, 0.1) is 11.5 Å². The summed E-state index contributed by atoms with van der Waals surface area (Å²) >= 11 is 0. The molecule has 0 spiro atoms. The Bertz CT molecular complexity index is 421. The van der Waals surface area contributed by atoms with E-state index < -0.39 is 0 Å². The molecule has 2 rings (SSSR count). The van der Waals surface area contributed by atoms with Crippen LogP contribution in [0.4, 0.5) is 0 Å². The number of nitrogens with zero attached hydrogens (tertiary/aromatic N) is 1. The van der Waals surface area contributed by atoms with Crippen molar-refractivity contribution in [2.24, 2.45) is 5.41 Å². The first-order valence-corrected chi connectivity index (χ1v) is 4.09. The highest BCUT2D eigenvalue weighted by molar-refractivity contribution is 5.46. The standard InChI is InChI=1S/C10H12N2/c1-10(2)5-3-4-8-7-11-12-9(8)6-10/h3-7,12H,1-2H3. The zero-order valence-corrected chi connectivity index (χ0v) is 7.33. The summed E-state index contributed by atoms with van der Waals surface area (Å²) < 4.78 is 0. The van der Waals surface area contributed by atoms with Gasteiger partial charge in [0.15, 0.2) is 0 Å². The highest BCUT2D eigenvalue weighted by Crippen LogP contribution is 2.18. The summed E-state index contributed by atoms with van der Waals surface area (Å²) in [7, 11) is 0. The van der Waals surface area contributed by atoms with Crippen LogP contribution in [0.1, 0.15) is 13.8 Å². The minimum absolute atomic E-state index is 0.119. The third-order valence-corrected chi connectivity index (χ3v) is 2.02. The molecule has 1 aromatic heterocycles. The molecule has 62 valence electrons. The van der Waals surface area contributed by atoms with E-state index in [0.29, 0.717) is 0 Å². The number of rotatable bonds is 0. The molecular weight excluding hydrogens is 148 g/mol. The van der Waals surface area contributed by atoms with Crippen LogP contribution in [0.15, 0.2) is 18.3 Å². The number of nitrogens with one attached hydrogen (secondary N) is 1. The molecule has 12 heavy (non-hydrogen) atoms. The van der Waals surface area contributed by atoms with E-state index in [1.165, 1.54) is 0 Å². The van der Waals surface area contributed by atoms with Gasteiger partial charge in [-0.15, -0.1) is 0 Å². The van der Waals surface area contributed by atoms with E-state index in [1.54, 1.807) is 0 Å². The van der Waals surface area contributed by atoms with Crippen molar-refractivity contribution in [3.05, 3.63) is 28.9 Å². The molecule has 0 amide bonds. The van der Waals surface area contributed by atoms with Crippen molar-refractivity contribution in [1.29, 1.82) is 0 Å². The molecule has 0 unspecified atom stereocenters. The van der Waals surface area contributed by atoms with Crippen molar-refractivity contribution in [2.45, 2.75) is 13.8 Å². The molecule has 0 aliphatic heterocycles. The monoisotopic (exact) mass is 160 g/mol. The van der Waals surface area contributed by atoms with E-state index in [1.807, 2.05) is 6.20 Å². The van der Waals surface area contributed by atoms with E-state index >= 15 is 0 Å². The van der Waals surface area contributed by atoms with Crippen LogP contribution in [-0.4, -0.2) is 10.2 Å². The van der Waals surface area contributed by atoms with Gasteiger partial charge >= 0.3 is 0 Å². The Kier molecular flexibility index (Phi) is 1.43. The third-order valence-electron chi connectivity index (χ3n) is 2.02. The highest BCUT2D eigenvalue weighted by atomic mass is 15.1. The van der Waals surface area contributed by atoms with E-state index in [2.05, 4.69) is 48.3 Å². The van der Waals surface area contributed by atoms with Gasteiger partial charge < -0.3 is 0 Å². The lowest BCUT2D eigenvalue weighted by Crippen LogP contribution is -2.23. The fourth-order valence-electron chi connectivity index (χ4n) is 1.37. The van der Waals surface area contributed by atoms with Crippen molar-refractivity contribution in [1.82, 2.24) is 10.2 Å². The molecule has 0 saturated carbocycles. The van der Waals surface area contributed by atoms with Gasteiger partial charge in [0, 0.05) is 10.6 Å². The Hall–Kier alpha value is -1.31. The van der Waals surface area contributed by atoms with Crippen LogP contribution < -0.4 is 10.6 Å². The van der Waals surface area contributed by atoms with Gasteiger partial charge in [0.1, 0.15) is 0 Å². The van der Waals surface area contributed by atoms with Gasteiger partial charge in [-0.2, -0.15) is 5.10 Å². The Morgan fingerprint density at radius 3 is 3.08 bits per heavy atom. The molecule has 2 heteroatoms. The lowest BCUT2D eigenvalue weighted by Gasteiger charge is -2.11. The van der Waals surface area contributed by atoms with Crippen LogP contribution in [0.25, 0.3) is 12.2 Å². The Balaban J connectivity index is 2.75. The summed E-state index contributed by atoms with van der Waals surface area (Å²) in [5.41, 5.74) is 0.119. The summed E-state index contributed by atoms with van der Waals surface area (Å²) in [6, 6.07) is 0. The molecule has 1 aliphatic carbocycles. The Morgan fingerprint density at radius 2 is 2.25 bits per heavy atom. The zero-order chi connectivity index (χ0) is 8.60. The molecule has 0 atom stereocenters. The molecule has 1 aliphatic rings. The fraction of sp³-hybridized carbons (Fsp3) is 0.300. The maximum Gasteiger partial charge on any atom is 0.0618 e. The van der Waals surface area contributed by atoms with Gasteiger partial charge in [0.2, 0.25) is 0 Å². The topological polar surface area (TPSA) is 28.7 Å². The molecule has 1 aromatic rings. The highest BCUT2D eigenvalue weighted by Gasteiger charge is 2.10. The van der Waals surface area contributed by atoms with Crippen LogP contribution in [-0.2, 0) is 0 Å². The average molecular weight is 160 g/mol. The average Bonchev–Trinajstić information content (AvgIpc) is 2.31. The first-order chi connectivity index (χ1) is 5.67. The predicted molar refractivity (Wildman–Crippen MR) is 49.7 cm³/mol. The molecular formula is C10H12N2. The minimum atomic E-state index is 0.119. The quantitative estimate of drug-likeness (QED) is 0.590. The molecule has 0 fully saturated rings. The van der Waals surface area contributed by atoms with Crippen LogP contribution >= 0.6 is 0 Å². The molecule has 0 bridgehead atoms. The number of H-pyrrole nitrogens is 1. The second-order valence-corrected chi connectivity index (χ2v) is 3.73. The van der Waals surface area contributed by atoms with Crippen molar-refractivity contribution < 1.29 is 0 Å². The lowest BCUT2D eigenvalue weighted by atomic mass is 9.93. The SMILES string of the molecule is CC1(C)C=CC=c2cn[nH]c2=C1. The first-order valence-electron chi connectivity index (χ1n) is 4.09. The summed E-state index contributed by atoms with van der Waals surface area (Å²) in [6.07, 6.45) is 10.4. The Labute approximate surface area is 71.3 Å². The number of hydrogen-bond acceptors (Lipinski definition) is 1. The normalized spacial score (nSPS) is 18.8. The van der Waals surface area contributed by atoms with Gasteiger partial charge in [0.25, 0.3) is 0 Å². The molecule has 2 nitrogen and oxygen atoms in total. The maximum atomic E-state index is 3.99. The van der Waals surface area contributed by atoms with Crippen LogP contribution in [0.3, 0.4) is 0 Å². The summed E-state index contributed by atoms with van der Waals surface area (Å²) in [4.78, 5) is 0. The van der Waals surface area contributed by atoms with Crippen LogP contribution in [0, 0.1) is 5.41 Å². The minimum Gasteiger partial charge on any atom is -0.278 e. The summed E-state index contributed by atoms with van der Waals surface area (Å²) in [5, 5.41) is 9.25. The van der Waals surface area contributed by atoms with Gasteiger partial charge in [-0.1, -0.05) is 32.1 Å². The number of fused-ring (bicyclic) bond motifs is 1. The Morgan fingerprint density at radius 1 is 1.42 bits per heavy atom. The summed E-state index contributed by atoms with van der Waals surface area (Å²) in [5.74, 6) is 0.